The number of hydrogen-bond acceptors (Lipinski definition) is 5. The van der Waals surface area contributed by atoms with Crippen LogP contribution in [0, 0.1) is 0 Å². The molecule has 2 aliphatic rings. The van der Waals surface area contributed by atoms with Crippen molar-refractivity contribution in [1.82, 2.24) is 14.9 Å². The number of benzene rings is 1. The second kappa shape index (κ2) is 9.07. The molecule has 0 atom stereocenters. The van der Waals surface area contributed by atoms with Gasteiger partial charge in [-0.3, -0.25) is 4.79 Å². The molecule has 2 amide bonds. The maximum atomic E-state index is 12.7. The summed E-state index contributed by atoms with van der Waals surface area (Å²) in [6, 6.07) is 2.22. The third-order valence-electron chi connectivity index (χ3n) is 4.81. The van der Waals surface area contributed by atoms with Crippen LogP contribution >= 0.6 is 23.2 Å². The molecule has 1 heterocycles. The van der Waals surface area contributed by atoms with Gasteiger partial charge >= 0.3 is 6.09 Å². The van der Waals surface area contributed by atoms with Crippen molar-refractivity contribution in [1.29, 1.82) is 0 Å². The Balaban J connectivity index is 1.68. The lowest BCUT2D eigenvalue weighted by molar-refractivity contribution is 0.0860. The quantitative estimate of drug-likeness (QED) is 0.674. The highest BCUT2D eigenvalue weighted by Gasteiger charge is 2.31. The average Bonchev–Trinajstić information content (AvgIpc) is 3.45. The molecule has 0 unspecified atom stereocenters. The second-order valence-corrected chi connectivity index (χ2v) is 9.59. The number of rotatable bonds is 6. The van der Waals surface area contributed by atoms with E-state index in [1.807, 2.05) is 0 Å². The summed E-state index contributed by atoms with van der Waals surface area (Å²) in [7, 11) is -3.83. The second-order valence-electron chi connectivity index (χ2n) is 7.09. The SMILES string of the molecule is CCOC(=O)N1CCC(NC(=O)c2cc(S(=O)(=O)NC3CC3)c(Cl)cc2Cl)CC1. The van der Waals surface area contributed by atoms with Crippen molar-refractivity contribution >= 4 is 45.2 Å². The molecule has 1 saturated carbocycles. The van der Waals surface area contributed by atoms with Crippen molar-refractivity contribution in [2.75, 3.05) is 19.7 Å². The van der Waals surface area contributed by atoms with E-state index in [1.165, 1.54) is 12.1 Å². The van der Waals surface area contributed by atoms with E-state index in [0.717, 1.165) is 12.8 Å². The number of likely N-dealkylation sites (tertiary alicyclic amines) is 1. The standard InChI is InChI=1S/C18H23Cl2N3O5S/c1-2-28-18(25)23-7-5-11(6-8-23)21-17(24)13-9-16(15(20)10-14(13)19)29(26,27)22-12-3-4-12/h9-12,22H,2-8H2,1H3,(H,21,24). The van der Waals surface area contributed by atoms with Gasteiger partial charge in [0.25, 0.3) is 5.91 Å². The van der Waals surface area contributed by atoms with Gasteiger partial charge in [0.1, 0.15) is 4.90 Å². The number of nitrogens with zero attached hydrogens (tertiary/aromatic N) is 1. The molecule has 11 heteroatoms. The van der Waals surface area contributed by atoms with Crippen LogP contribution in [0.25, 0.3) is 0 Å². The first-order chi connectivity index (χ1) is 13.7. The van der Waals surface area contributed by atoms with Gasteiger partial charge < -0.3 is 15.0 Å². The minimum absolute atomic E-state index is 0.0394. The molecule has 2 fully saturated rings. The fraction of sp³-hybridized carbons (Fsp3) is 0.556. The van der Waals surface area contributed by atoms with Gasteiger partial charge in [-0.05, 0) is 44.7 Å². The molecule has 1 saturated heterocycles. The number of carbonyl (C=O) groups is 2. The Hall–Kier alpha value is -1.55. The summed E-state index contributed by atoms with van der Waals surface area (Å²) in [5.74, 6) is -0.482. The van der Waals surface area contributed by atoms with Crippen molar-refractivity contribution < 1.29 is 22.7 Å². The first-order valence-corrected chi connectivity index (χ1v) is 11.7. The van der Waals surface area contributed by atoms with Crippen LogP contribution in [-0.4, -0.2) is 57.1 Å². The lowest BCUT2D eigenvalue weighted by Gasteiger charge is -2.31. The summed E-state index contributed by atoms with van der Waals surface area (Å²) in [5.41, 5.74) is 0.0417. The molecule has 0 radical (unpaired) electrons. The van der Waals surface area contributed by atoms with Crippen LogP contribution in [0.5, 0.6) is 0 Å². The lowest BCUT2D eigenvalue weighted by Crippen LogP contribution is -2.46. The molecule has 0 aromatic heterocycles. The van der Waals surface area contributed by atoms with Gasteiger partial charge in [-0.25, -0.2) is 17.9 Å². The summed E-state index contributed by atoms with van der Waals surface area (Å²) in [6.07, 6.45) is 2.31. The summed E-state index contributed by atoms with van der Waals surface area (Å²) in [5, 5.41) is 2.89. The number of piperidine rings is 1. The number of nitrogens with one attached hydrogen (secondary N) is 2. The van der Waals surface area contributed by atoms with Gasteiger partial charge in [-0.2, -0.15) is 0 Å². The van der Waals surface area contributed by atoms with E-state index in [0.29, 0.717) is 32.5 Å². The summed E-state index contributed by atoms with van der Waals surface area (Å²) >= 11 is 12.2. The zero-order chi connectivity index (χ0) is 21.2. The number of hydrogen-bond donors (Lipinski definition) is 2. The first kappa shape index (κ1) is 22.1. The summed E-state index contributed by atoms with van der Waals surface area (Å²) < 4.78 is 32.5. The van der Waals surface area contributed by atoms with Crippen molar-refractivity contribution in [3.05, 3.63) is 27.7 Å². The van der Waals surface area contributed by atoms with Crippen molar-refractivity contribution in [3.8, 4) is 0 Å². The highest BCUT2D eigenvalue weighted by atomic mass is 35.5. The fourth-order valence-corrected chi connectivity index (χ4v) is 5.24. The van der Waals surface area contributed by atoms with Crippen LogP contribution in [0.1, 0.15) is 43.0 Å². The first-order valence-electron chi connectivity index (χ1n) is 9.45. The Morgan fingerprint density at radius 3 is 2.34 bits per heavy atom. The van der Waals surface area contributed by atoms with Gasteiger partial charge in [0.05, 0.1) is 22.2 Å². The molecular weight excluding hydrogens is 441 g/mol. The largest absolute Gasteiger partial charge is 0.450 e. The normalized spacial score (nSPS) is 17.8. The van der Waals surface area contributed by atoms with Crippen LogP contribution in [0.3, 0.4) is 0 Å². The van der Waals surface area contributed by atoms with Gasteiger partial charge in [0.15, 0.2) is 0 Å². The van der Waals surface area contributed by atoms with Crippen LogP contribution in [-0.2, 0) is 14.8 Å². The third kappa shape index (κ3) is 5.53. The predicted molar refractivity (Wildman–Crippen MR) is 109 cm³/mol. The lowest BCUT2D eigenvalue weighted by atomic mass is 10.0. The monoisotopic (exact) mass is 463 g/mol. The van der Waals surface area contributed by atoms with Crippen LogP contribution in [0.4, 0.5) is 4.79 Å². The highest BCUT2D eigenvalue weighted by molar-refractivity contribution is 7.89. The summed E-state index contributed by atoms with van der Waals surface area (Å²) in [6.45, 7) is 2.98. The Morgan fingerprint density at radius 2 is 1.76 bits per heavy atom. The number of halogens is 2. The molecule has 0 bridgehead atoms. The van der Waals surface area contributed by atoms with Crippen LogP contribution in [0.2, 0.25) is 10.0 Å². The van der Waals surface area contributed by atoms with Crippen molar-refractivity contribution in [2.24, 2.45) is 0 Å². The molecule has 1 aromatic carbocycles. The van der Waals surface area contributed by atoms with Crippen molar-refractivity contribution in [2.45, 2.75) is 49.6 Å². The molecule has 8 nitrogen and oxygen atoms in total. The molecule has 160 valence electrons. The molecule has 1 aromatic rings. The molecule has 1 aliphatic heterocycles. The Labute approximate surface area is 179 Å². The smallest absolute Gasteiger partial charge is 0.409 e. The van der Waals surface area contributed by atoms with Gasteiger partial charge in [0, 0.05) is 25.2 Å². The van der Waals surface area contributed by atoms with Crippen LogP contribution < -0.4 is 10.0 Å². The van der Waals surface area contributed by atoms with Gasteiger partial charge in [0.2, 0.25) is 10.0 Å². The summed E-state index contributed by atoms with van der Waals surface area (Å²) in [4.78, 5) is 25.9. The number of amides is 2. The average molecular weight is 464 g/mol. The Kier molecular flexibility index (Phi) is 6.93. The Morgan fingerprint density at radius 1 is 1.10 bits per heavy atom. The van der Waals surface area contributed by atoms with E-state index in [-0.39, 0.29) is 38.7 Å². The molecule has 3 rings (SSSR count). The van der Waals surface area contributed by atoms with Crippen LogP contribution in [0.15, 0.2) is 17.0 Å². The minimum atomic E-state index is -3.83. The van der Waals surface area contributed by atoms with E-state index in [4.69, 9.17) is 27.9 Å². The molecule has 2 N–H and O–H groups in total. The predicted octanol–water partition coefficient (Wildman–Crippen LogP) is 2.78. The fourth-order valence-electron chi connectivity index (χ4n) is 3.08. The van der Waals surface area contributed by atoms with Gasteiger partial charge in [-0.15, -0.1) is 0 Å². The van der Waals surface area contributed by atoms with E-state index in [1.54, 1.807) is 11.8 Å². The maximum Gasteiger partial charge on any atom is 0.409 e. The third-order valence-corrected chi connectivity index (χ3v) is 7.11. The highest BCUT2D eigenvalue weighted by Crippen LogP contribution is 2.31. The molecule has 0 spiro atoms. The number of sulfonamides is 1. The van der Waals surface area contributed by atoms with E-state index in [9.17, 15) is 18.0 Å². The topological polar surface area (TPSA) is 105 Å². The van der Waals surface area contributed by atoms with Crippen molar-refractivity contribution in [3.63, 3.8) is 0 Å². The van der Waals surface area contributed by atoms with E-state index >= 15 is 0 Å². The number of ether oxygens (including phenoxy) is 1. The molecule has 1 aliphatic carbocycles. The van der Waals surface area contributed by atoms with E-state index in [2.05, 4.69) is 10.0 Å². The Bertz CT molecular complexity index is 897. The zero-order valence-electron chi connectivity index (χ0n) is 15.9. The van der Waals surface area contributed by atoms with Gasteiger partial charge in [-0.1, -0.05) is 23.2 Å². The van der Waals surface area contributed by atoms with E-state index < -0.39 is 15.9 Å². The molecule has 29 heavy (non-hydrogen) atoms. The minimum Gasteiger partial charge on any atom is -0.450 e. The molecular formula is C18H23Cl2N3O5S. The number of carbonyl (C=O) groups excluding carboxylic acids is 2. The zero-order valence-corrected chi connectivity index (χ0v) is 18.2. The maximum absolute atomic E-state index is 12.7.